The first kappa shape index (κ1) is 6.21. The predicted octanol–water partition coefficient (Wildman–Crippen LogP) is 4.48. The van der Waals surface area contributed by atoms with E-state index in [2.05, 4.69) is 4.99 Å². The molecule has 0 saturated heterocycles. The maximum Gasteiger partial charge on any atom is 0.0646 e. The Morgan fingerprint density at radius 3 is 2.38 bits per heavy atom. The van der Waals surface area contributed by atoms with E-state index in [0.29, 0.717) is 10.7 Å². The van der Waals surface area contributed by atoms with Crippen LogP contribution >= 0.6 is 11.6 Å². The first-order valence-electron chi connectivity index (χ1n) is 7.21. The highest BCUT2D eigenvalue weighted by Crippen LogP contribution is 2.15. The maximum atomic E-state index is 7.82. The summed E-state index contributed by atoms with van der Waals surface area (Å²) in [5, 5.41) is 0.592. The van der Waals surface area contributed by atoms with E-state index in [0.717, 1.165) is 5.56 Å². The second-order valence-corrected chi connectivity index (χ2v) is 3.61. The minimum absolute atomic E-state index is 0.0616. The zero-order chi connectivity index (χ0) is 15.7. The topological polar surface area (TPSA) is 12.4 Å². The van der Waals surface area contributed by atoms with Crippen LogP contribution in [-0.2, 0) is 0 Å². The van der Waals surface area contributed by atoms with Crippen molar-refractivity contribution in [1.29, 1.82) is 0 Å². The fraction of sp³-hybridized carbons (Fsp3) is 0.0714. The summed E-state index contributed by atoms with van der Waals surface area (Å²) in [5.74, 6) is 0. The van der Waals surface area contributed by atoms with Crippen LogP contribution < -0.4 is 0 Å². The Labute approximate surface area is 107 Å². The van der Waals surface area contributed by atoms with E-state index in [1.54, 1.807) is 31.2 Å². The summed E-state index contributed by atoms with van der Waals surface area (Å²) in [5.41, 5.74) is 1.25. The van der Waals surface area contributed by atoms with Crippen LogP contribution in [-0.4, -0.2) is 5.71 Å². The Balaban J connectivity index is 2.57. The number of hydrogen-bond donors (Lipinski definition) is 0. The highest BCUT2D eigenvalue weighted by atomic mass is 35.5. The second-order valence-electron chi connectivity index (χ2n) is 3.18. The van der Waals surface area contributed by atoms with E-state index in [-0.39, 0.29) is 17.8 Å². The summed E-state index contributed by atoms with van der Waals surface area (Å²) >= 11 is 5.82. The number of halogens is 1. The van der Waals surface area contributed by atoms with Gasteiger partial charge >= 0.3 is 0 Å². The highest BCUT2D eigenvalue weighted by molar-refractivity contribution is 6.30. The molecule has 0 fully saturated rings. The molecule has 2 rings (SSSR count). The Morgan fingerprint density at radius 2 is 1.75 bits per heavy atom. The van der Waals surface area contributed by atoms with Crippen molar-refractivity contribution in [2.75, 3.05) is 0 Å². The summed E-state index contributed by atoms with van der Waals surface area (Å²) < 4.78 is 38.4. The molecule has 0 spiro atoms. The van der Waals surface area contributed by atoms with Gasteiger partial charge in [-0.1, -0.05) is 41.9 Å². The van der Waals surface area contributed by atoms with Crippen LogP contribution in [0.5, 0.6) is 0 Å². The van der Waals surface area contributed by atoms with Crippen molar-refractivity contribution in [2.45, 2.75) is 6.92 Å². The minimum atomic E-state index is -0.423. The fourth-order valence-corrected chi connectivity index (χ4v) is 1.35. The molecule has 0 amide bonds. The minimum Gasteiger partial charge on any atom is -0.253 e. The third-order valence-corrected chi connectivity index (χ3v) is 2.28. The van der Waals surface area contributed by atoms with Gasteiger partial charge in [0.2, 0.25) is 0 Å². The van der Waals surface area contributed by atoms with Crippen molar-refractivity contribution in [3.05, 3.63) is 65.1 Å². The average molecular weight is 235 g/mol. The van der Waals surface area contributed by atoms with Gasteiger partial charge < -0.3 is 0 Å². The van der Waals surface area contributed by atoms with E-state index in [4.69, 9.17) is 18.5 Å². The normalized spacial score (nSPS) is 15.9. The van der Waals surface area contributed by atoms with E-state index in [1.807, 2.05) is 0 Å². The van der Waals surface area contributed by atoms with Crippen molar-refractivity contribution in [3.63, 3.8) is 0 Å². The molecule has 0 atom stereocenters. The molecule has 0 aliphatic rings. The Bertz CT molecular complexity index is 696. The Kier molecular flexibility index (Phi) is 1.92. The lowest BCUT2D eigenvalue weighted by Gasteiger charge is -2.01. The molecule has 0 aliphatic heterocycles. The number of benzene rings is 2. The molecule has 0 aromatic heterocycles. The zero-order valence-corrected chi connectivity index (χ0v) is 9.39. The van der Waals surface area contributed by atoms with E-state index in [9.17, 15) is 0 Å². The lowest BCUT2D eigenvalue weighted by Crippen LogP contribution is -1.92. The van der Waals surface area contributed by atoms with Crippen molar-refractivity contribution in [3.8, 4) is 0 Å². The molecule has 16 heavy (non-hydrogen) atoms. The van der Waals surface area contributed by atoms with Crippen molar-refractivity contribution >= 4 is 23.0 Å². The predicted molar refractivity (Wildman–Crippen MR) is 69.8 cm³/mol. The van der Waals surface area contributed by atoms with Crippen molar-refractivity contribution in [2.24, 2.45) is 4.99 Å². The van der Waals surface area contributed by atoms with Crippen LogP contribution in [0.1, 0.15) is 19.3 Å². The zero-order valence-electron chi connectivity index (χ0n) is 13.6. The number of rotatable bonds is 2. The van der Waals surface area contributed by atoms with Crippen LogP contribution in [0, 0.1) is 0 Å². The Morgan fingerprint density at radius 1 is 1.12 bits per heavy atom. The number of aliphatic imine (C=N–C) groups is 1. The molecule has 0 radical (unpaired) electrons. The van der Waals surface area contributed by atoms with Crippen LogP contribution in [0.15, 0.2) is 59.5 Å². The maximum absolute atomic E-state index is 7.82. The molecule has 0 N–H and O–H groups in total. The smallest absolute Gasteiger partial charge is 0.0646 e. The molecule has 2 heteroatoms. The van der Waals surface area contributed by atoms with Gasteiger partial charge in [-0.3, -0.25) is 4.99 Å². The second kappa shape index (κ2) is 4.95. The number of hydrogen-bond acceptors (Lipinski definition) is 1. The average Bonchev–Trinajstić information content (AvgIpc) is 2.48. The lowest BCUT2D eigenvalue weighted by atomic mass is 10.1. The summed E-state index contributed by atoms with van der Waals surface area (Å²) in [6.07, 6.45) is 0. The first-order valence-corrected chi connectivity index (χ1v) is 5.09. The molecule has 0 heterocycles. The van der Waals surface area contributed by atoms with Gasteiger partial charge in [-0.05, 0) is 36.7 Å². The van der Waals surface area contributed by atoms with Crippen molar-refractivity contribution < 1.29 is 6.85 Å². The van der Waals surface area contributed by atoms with Gasteiger partial charge in [0, 0.05) is 10.7 Å². The quantitative estimate of drug-likeness (QED) is 0.680. The van der Waals surface area contributed by atoms with Crippen LogP contribution in [0.25, 0.3) is 0 Å². The van der Waals surface area contributed by atoms with Crippen LogP contribution in [0.4, 0.5) is 5.69 Å². The third-order valence-electron chi connectivity index (χ3n) is 2.03. The molecule has 2 aromatic rings. The summed E-state index contributed by atoms with van der Waals surface area (Å²) in [6.45, 7) is 1.71. The summed E-state index contributed by atoms with van der Waals surface area (Å²) in [6, 6.07) is 5.11. The standard InChI is InChI=1S/C14H12ClN/c1-11(12-7-9-13(15)10-8-12)16-14-5-3-2-4-6-14/h2-10H,1H3/i2D,3D,4D,5D,6D. The largest absolute Gasteiger partial charge is 0.253 e. The van der Waals surface area contributed by atoms with Crippen molar-refractivity contribution in [1.82, 2.24) is 0 Å². The van der Waals surface area contributed by atoms with Gasteiger partial charge in [0.05, 0.1) is 12.5 Å². The van der Waals surface area contributed by atoms with Crippen LogP contribution in [0.3, 0.4) is 0 Å². The molecular formula is C14H12ClN. The Hall–Kier alpha value is -1.60. The van der Waals surface area contributed by atoms with Gasteiger partial charge in [-0.25, -0.2) is 0 Å². The molecule has 80 valence electrons. The molecule has 0 saturated carbocycles. The van der Waals surface area contributed by atoms with Gasteiger partial charge in [0.25, 0.3) is 0 Å². The summed E-state index contributed by atoms with van der Waals surface area (Å²) in [4.78, 5) is 4.20. The number of nitrogens with zero attached hydrogens (tertiary/aromatic N) is 1. The third kappa shape index (κ3) is 2.71. The van der Waals surface area contributed by atoms with E-state index in [1.165, 1.54) is 0 Å². The van der Waals surface area contributed by atoms with Gasteiger partial charge in [0.1, 0.15) is 0 Å². The molecule has 0 unspecified atom stereocenters. The molecule has 1 nitrogen and oxygen atoms in total. The lowest BCUT2D eigenvalue weighted by molar-refractivity contribution is 1.47. The molecular weight excluding hydrogens is 218 g/mol. The number of para-hydroxylation sites is 1. The molecule has 2 aromatic carbocycles. The van der Waals surface area contributed by atoms with Crippen LogP contribution in [0.2, 0.25) is 5.02 Å². The first-order chi connectivity index (χ1) is 9.82. The highest BCUT2D eigenvalue weighted by Gasteiger charge is 1.97. The van der Waals surface area contributed by atoms with Gasteiger partial charge in [-0.15, -0.1) is 0 Å². The monoisotopic (exact) mass is 234 g/mol. The fourth-order valence-electron chi connectivity index (χ4n) is 1.22. The summed E-state index contributed by atoms with van der Waals surface area (Å²) in [7, 11) is 0. The van der Waals surface area contributed by atoms with Gasteiger partial charge in [-0.2, -0.15) is 0 Å². The molecule has 0 bridgehead atoms. The van der Waals surface area contributed by atoms with E-state index >= 15 is 0 Å². The SMILES string of the molecule is [2H]c1c([2H])c([2H])c(N=C(C)c2ccc(Cl)cc2)c([2H])c1[2H]. The molecule has 0 aliphatic carbocycles. The van der Waals surface area contributed by atoms with E-state index < -0.39 is 18.1 Å². The van der Waals surface area contributed by atoms with Gasteiger partial charge in [0.15, 0.2) is 0 Å².